The highest BCUT2D eigenvalue weighted by atomic mass is 16.5. The van der Waals surface area contributed by atoms with Crippen LogP contribution in [0, 0.1) is 0 Å². The van der Waals surface area contributed by atoms with Crippen LogP contribution < -0.4 is 9.47 Å². The molecule has 2 aromatic carbocycles. The Labute approximate surface area is 135 Å². The Bertz CT molecular complexity index is 806. The number of ether oxygens (including phenoxy) is 2. The second kappa shape index (κ2) is 5.50. The van der Waals surface area contributed by atoms with Gasteiger partial charge in [0.15, 0.2) is 29.5 Å². The number of hydrogen-bond acceptors (Lipinski definition) is 8. The normalized spacial score (nSPS) is 19.5. The van der Waals surface area contributed by atoms with Crippen molar-refractivity contribution in [1.29, 1.82) is 0 Å². The summed E-state index contributed by atoms with van der Waals surface area (Å²) in [4.78, 5) is 12.5. The summed E-state index contributed by atoms with van der Waals surface area (Å²) in [7, 11) is 1.30. The molecule has 0 amide bonds. The number of fused-ring (bicyclic) bond motifs is 1. The smallest absolute Gasteiger partial charge is 0.202 e. The fourth-order valence-electron chi connectivity index (χ4n) is 2.60. The Morgan fingerprint density at radius 3 is 2.25 bits per heavy atom. The molecule has 0 saturated heterocycles. The first kappa shape index (κ1) is 15.8. The van der Waals surface area contributed by atoms with Crippen LogP contribution in [-0.2, 0) is 0 Å². The molecular weight excluding hydrogens is 320 g/mol. The predicted octanol–water partition coefficient (Wildman–Crippen LogP) is 1.19. The molecule has 2 atom stereocenters. The number of benzene rings is 2. The van der Waals surface area contributed by atoms with Crippen molar-refractivity contribution in [2.75, 3.05) is 7.11 Å². The van der Waals surface area contributed by atoms with E-state index in [2.05, 4.69) is 0 Å². The van der Waals surface area contributed by atoms with Crippen molar-refractivity contribution in [2.45, 2.75) is 12.2 Å². The lowest BCUT2D eigenvalue weighted by Crippen LogP contribution is -2.36. The van der Waals surface area contributed by atoms with Gasteiger partial charge in [0, 0.05) is 17.7 Å². The van der Waals surface area contributed by atoms with Crippen LogP contribution in [0.3, 0.4) is 0 Å². The van der Waals surface area contributed by atoms with Gasteiger partial charge in [-0.3, -0.25) is 4.79 Å². The molecule has 5 N–H and O–H groups in total. The van der Waals surface area contributed by atoms with E-state index in [0.29, 0.717) is 0 Å². The average Bonchev–Trinajstić information content (AvgIpc) is 2.54. The van der Waals surface area contributed by atoms with Crippen LogP contribution in [0.4, 0.5) is 0 Å². The van der Waals surface area contributed by atoms with Gasteiger partial charge in [0.25, 0.3) is 0 Å². The molecule has 1 aliphatic rings. The van der Waals surface area contributed by atoms with Crippen LogP contribution in [0.2, 0.25) is 0 Å². The minimum Gasteiger partial charge on any atom is -0.508 e. The van der Waals surface area contributed by atoms with Crippen molar-refractivity contribution in [3.05, 3.63) is 35.4 Å². The Kier molecular flexibility index (Phi) is 3.61. The first-order chi connectivity index (χ1) is 11.3. The number of carbonyl (C=O) groups is 1. The minimum atomic E-state index is -1.64. The van der Waals surface area contributed by atoms with E-state index in [1.54, 1.807) is 0 Å². The van der Waals surface area contributed by atoms with Gasteiger partial charge in [-0.15, -0.1) is 0 Å². The Balaban J connectivity index is 2.11. The second-order valence-electron chi connectivity index (χ2n) is 5.28. The van der Waals surface area contributed by atoms with E-state index >= 15 is 0 Å². The number of hydrogen-bond donors (Lipinski definition) is 5. The maximum atomic E-state index is 12.5. The monoisotopic (exact) mass is 334 g/mol. The number of aliphatic hydroxyl groups is 1. The molecule has 24 heavy (non-hydrogen) atoms. The van der Waals surface area contributed by atoms with E-state index in [1.807, 2.05) is 0 Å². The molecule has 0 aliphatic carbocycles. The van der Waals surface area contributed by atoms with Gasteiger partial charge in [0.2, 0.25) is 5.78 Å². The molecule has 0 radical (unpaired) electrons. The van der Waals surface area contributed by atoms with E-state index in [4.69, 9.17) is 9.47 Å². The molecule has 8 heteroatoms. The van der Waals surface area contributed by atoms with Crippen molar-refractivity contribution >= 4 is 5.78 Å². The summed E-state index contributed by atoms with van der Waals surface area (Å²) in [5.74, 6) is -2.87. The molecule has 126 valence electrons. The number of phenols is 4. The zero-order valence-corrected chi connectivity index (χ0v) is 12.4. The van der Waals surface area contributed by atoms with Gasteiger partial charge < -0.3 is 35.0 Å². The third-order valence-corrected chi connectivity index (χ3v) is 3.75. The lowest BCUT2D eigenvalue weighted by atomic mass is 9.92. The van der Waals surface area contributed by atoms with E-state index in [0.717, 1.165) is 12.1 Å². The summed E-state index contributed by atoms with van der Waals surface area (Å²) in [6, 6.07) is 4.52. The third kappa shape index (κ3) is 2.33. The molecule has 1 heterocycles. The topological polar surface area (TPSA) is 137 Å². The zero-order valence-electron chi connectivity index (χ0n) is 12.4. The molecule has 3 rings (SSSR count). The molecule has 8 nitrogen and oxygen atoms in total. The first-order valence-electron chi connectivity index (χ1n) is 6.88. The standard InChI is InChI=1S/C16H14O8/c1-23-10-4-7(17)5-11-12(10)14(21)15(22)16(24-11)6-2-8(18)13(20)9(19)3-6/h2-5,15-20,22H,1H3. The molecule has 2 aromatic rings. The number of methoxy groups -OCH3 is 1. The quantitative estimate of drug-likeness (QED) is 0.517. The molecule has 0 fully saturated rings. The highest BCUT2D eigenvalue weighted by molar-refractivity contribution is 6.05. The van der Waals surface area contributed by atoms with Gasteiger partial charge in [-0.25, -0.2) is 0 Å². The van der Waals surface area contributed by atoms with Crippen LogP contribution in [-0.4, -0.2) is 44.5 Å². The van der Waals surface area contributed by atoms with E-state index in [1.165, 1.54) is 19.2 Å². The first-order valence-corrected chi connectivity index (χ1v) is 6.88. The van der Waals surface area contributed by atoms with Gasteiger partial charge in [-0.05, 0) is 12.1 Å². The summed E-state index contributed by atoms with van der Waals surface area (Å²) in [6.45, 7) is 0. The van der Waals surface area contributed by atoms with Crippen molar-refractivity contribution in [2.24, 2.45) is 0 Å². The SMILES string of the molecule is COc1cc(O)cc2c1C(=O)C(O)C(c1cc(O)c(O)c(O)c1)O2. The van der Waals surface area contributed by atoms with Gasteiger partial charge >= 0.3 is 0 Å². The van der Waals surface area contributed by atoms with Crippen molar-refractivity contribution in [3.63, 3.8) is 0 Å². The second-order valence-corrected chi connectivity index (χ2v) is 5.28. The summed E-state index contributed by atoms with van der Waals surface area (Å²) in [5, 5.41) is 48.5. The molecule has 1 aliphatic heterocycles. The Morgan fingerprint density at radius 2 is 1.67 bits per heavy atom. The molecule has 0 saturated carbocycles. The maximum absolute atomic E-state index is 12.5. The van der Waals surface area contributed by atoms with Crippen LogP contribution in [0.25, 0.3) is 0 Å². The number of aliphatic hydroxyl groups excluding tert-OH is 1. The summed E-state index contributed by atoms with van der Waals surface area (Å²) in [5.41, 5.74) is 0.0443. The predicted molar refractivity (Wildman–Crippen MR) is 79.8 cm³/mol. The van der Waals surface area contributed by atoms with Gasteiger partial charge in [0.1, 0.15) is 22.8 Å². The van der Waals surface area contributed by atoms with Gasteiger partial charge in [0.05, 0.1) is 7.11 Å². The van der Waals surface area contributed by atoms with Crippen molar-refractivity contribution < 1.29 is 39.8 Å². The number of rotatable bonds is 2. The lowest BCUT2D eigenvalue weighted by molar-refractivity contribution is 0.0209. The van der Waals surface area contributed by atoms with E-state index in [-0.39, 0.29) is 28.4 Å². The summed E-state index contributed by atoms with van der Waals surface area (Å²) in [6.07, 6.45) is -2.90. The fraction of sp³-hybridized carbons (Fsp3) is 0.188. The van der Waals surface area contributed by atoms with E-state index in [9.17, 15) is 30.3 Å². The lowest BCUT2D eigenvalue weighted by Gasteiger charge is -2.30. The minimum absolute atomic E-state index is 0.0146. The Morgan fingerprint density at radius 1 is 1.04 bits per heavy atom. The maximum Gasteiger partial charge on any atom is 0.202 e. The van der Waals surface area contributed by atoms with Gasteiger partial charge in [-0.2, -0.15) is 0 Å². The van der Waals surface area contributed by atoms with Crippen LogP contribution in [0.15, 0.2) is 24.3 Å². The average molecular weight is 334 g/mol. The molecule has 0 bridgehead atoms. The van der Waals surface area contributed by atoms with Crippen molar-refractivity contribution in [3.8, 4) is 34.5 Å². The largest absolute Gasteiger partial charge is 0.508 e. The number of ketones is 1. The molecule has 0 spiro atoms. The van der Waals surface area contributed by atoms with Gasteiger partial charge in [-0.1, -0.05) is 0 Å². The fourth-order valence-corrected chi connectivity index (χ4v) is 2.60. The van der Waals surface area contributed by atoms with E-state index < -0.39 is 35.2 Å². The number of phenolic OH excluding ortho intramolecular Hbond substituents is 4. The highest BCUT2D eigenvalue weighted by Crippen LogP contribution is 2.44. The molecule has 2 unspecified atom stereocenters. The summed E-state index contributed by atoms with van der Waals surface area (Å²) < 4.78 is 10.6. The van der Waals surface area contributed by atoms with Crippen LogP contribution in [0.1, 0.15) is 22.0 Å². The Hall–Kier alpha value is -3.13. The van der Waals surface area contributed by atoms with Crippen LogP contribution >= 0.6 is 0 Å². The zero-order chi connectivity index (χ0) is 17.6. The highest BCUT2D eigenvalue weighted by Gasteiger charge is 2.40. The summed E-state index contributed by atoms with van der Waals surface area (Å²) >= 11 is 0. The number of carbonyl (C=O) groups excluding carboxylic acids is 1. The van der Waals surface area contributed by atoms with Crippen molar-refractivity contribution in [1.82, 2.24) is 0 Å². The number of Topliss-reactive ketones (excluding diaryl/α,β-unsaturated/α-hetero) is 1. The third-order valence-electron chi connectivity index (χ3n) is 3.75. The number of aromatic hydroxyl groups is 4. The molecule has 0 aromatic heterocycles. The molecular formula is C16H14O8. The van der Waals surface area contributed by atoms with Crippen LogP contribution in [0.5, 0.6) is 34.5 Å².